The number of aromatic nitrogens is 2. The van der Waals surface area contributed by atoms with Crippen molar-refractivity contribution in [1.29, 1.82) is 5.26 Å². The number of aliphatic hydroxyl groups excluding tert-OH is 1. The molecule has 0 aliphatic rings. The van der Waals surface area contributed by atoms with Gasteiger partial charge in [-0.2, -0.15) is 18.4 Å². The Kier molecular flexibility index (Phi) is 8.91. The van der Waals surface area contributed by atoms with E-state index in [2.05, 4.69) is 10.3 Å². The molecule has 11 heteroatoms. The number of rotatable bonds is 10. The molecule has 38 heavy (non-hydrogen) atoms. The fourth-order valence-corrected chi connectivity index (χ4v) is 3.80. The molecule has 2 aromatic carbocycles. The van der Waals surface area contributed by atoms with Crippen LogP contribution in [0.2, 0.25) is 0 Å². The number of ether oxygens (including phenoxy) is 1. The summed E-state index contributed by atoms with van der Waals surface area (Å²) in [5.74, 6) is -0.608. The third-order valence-electron chi connectivity index (χ3n) is 5.86. The van der Waals surface area contributed by atoms with Crippen LogP contribution in [0.1, 0.15) is 52.4 Å². The molecule has 8 nitrogen and oxygen atoms in total. The van der Waals surface area contributed by atoms with Gasteiger partial charge in [0.25, 0.3) is 5.91 Å². The molecule has 0 aliphatic carbocycles. The van der Waals surface area contributed by atoms with Gasteiger partial charge in [-0.3, -0.25) is 9.59 Å². The van der Waals surface area contributed by atoms with E-state index in [4.69, 9.17) is 4.74 Å². The lowest BCUT2D eigenvalue weighted by molar-refractivity contribution is -0.189. The third kappa shape index (κ3) is 6.98. The van der Waals surface area contributed by atoms with Crippen molar-refractivity contribution >= 4 is 11.7 Å². The van der Waals surface area contributed by atoms with E-state index >= 15 is 0 Å². The molecule has 0 saturated heterocycles. The Morgan fingerprint density at radius 1 is 1.21 bits per heavy atom. The van der Waals surface area contributed by atoms with Gasteiger partial charge >= 0.3 is 6.18 Å². The second-order valence-corrected chi connectivity index (χ2v) is 8.82. The lowest BCUT2D eigenvalue weighted by Gasteiger charge is -2.20. The lowest BCUT2D eigenvalue weighted by Crippen LogP contribution is -2.37. The van der Waals surface area contributed by atoms with E-state index in [0.29, 0.717) is 17.9 Å². The van der Waals surface area contributed by atoms with Crippen LogP contribution in [0.25, 0.3) is 11.3 Å². The van der Waals surface area contributed by atoms with Gasteiger partial charge in [-0.1, -0.05) is 24.3 Å². The van der Waals surface area contributed by atoms with E-state index in [1.54, 1.807) is 23.9 Å². The first-order valence-corrected chi connectivity index (χ1v) is 11.8. The highest BCUT2D eigenvalue weighted by atomic mass is 19.4. The zero-order valence-corrected chi connectivity index (χ0v) is 21.0. The maximum absolute atomic E-state index is 12.8. The molecule has 1 amide bonds. The molecule has 200 valence electrons. The van der Waals surface area contributed by atoms with Crippen LogP contribution in [-0.2, 0) is 13.5 Å². The van der Waals surface area contributed by atoms with Crippen molar-refractivity contribution in [2.45, 2.75) is 45.0 Å². The van der Waals surface area contributed by atoms with Crippen LogP contribution >= 0.6 is 0 Å². The summed E-state index contributed by atoms with van der Waals surface area (Å²) in [7, 11) is 1.74. The number of halogens is 3. The summed E-state index contributed by atoms with van der Waals surface area (Å²) in [5.41, 5.74) is 2.20. The minimum atomic E-state index is -4.60. The normalized spacial score (nSPS) is 12.9. The van der Waals surface area contributed by atoms with Gasteiger partial charge < -0.3 is 19.7 Å². The van der Waals surface area contributed by atoms with E-state index < -0.39 is 24.2 Å². The predicted molar refractivity (Wildman–Crippen MR) is 133 cm³/mol. The van der Waals surface area contributed by atoms with Gasteiger partial charge in [-0.05, 0) is 43.5 Å². The fraction of sp³-hybridized carbons (Fsp3) is 0.333. The number of aryl methyl sites for hydroxylation is 1. The van der Waals surface area contributed by atoms with Crippen molar-refractivity contribution in [1.82, 2.24) is 14.9 Å². The summed E-state index contributed by atoms with van der Waals surface area (Å²) in [6.45, 7) is 2.09. The summed E-state index contributed by atoms with van der Waals surface area (Å²) in [5, 5.41) is 21.6. The van der Waals surface area contributed by atoms with Gasteiger partial charge in [0, 0.05) is 43.9 Å². The molecule has 0 radical (unpaired) electrons. The first kappa shape index (κ1) is 28.4. The molecule has 0 fully saturated rings. The highest BCUT2D eigenvalue weighted by Gasteiger charge is 2.38. The summed E-state index contributed by atoms with van der Waals surface area (Å²) in [4.78, 5) is 28.9. The average molecular weight is 529 g/mol. The Labute approximate surface area is 217 Å². The number of ketones is 1. The van der Waals surface area contributed by atoms with Crippen LogP contribution in [0.15, 0.2) is 48.7 Å². The van der Waals surface area contributed by atoms with E-state index in [0.717, 1.165) is 24.1 Å². The molecule has 0 aliphatic heterocycles. The van der Waals surface area contributed by atoms with Gasteiger partial charge in [0.05, 0.1) is 11.3 Å². The number of carbonyl (C=O) groups excluding carboxylic acids is 2. The highest BCUT2D eigenvalue weighted by molar-refractivity contribution is 5.95. The molecule has 1 aromatic heterocycles. The topological polar surface area (TPSA) is 117 Å². The Morgan fingerprint density at radius 2 is 1.89 bits per heavy atom. The summed E-state index contributed by atoms with van der Waals surface area (Å²) < 4.78 is 45.0. The number of hydrogen-bond acceptors (Lipinski definition) is 6. The van der Waals surface area contributed by atoms with Crippen molar-refractivity contribution < 1.29 is 32.6 Å². The maximum Gasteiger partial charge on any atom is 0.425 e. The number of amides is 1. The molecule has 0 bridgehead atoms. The van der Waals surface area contributed by atoms with Crippen molar-refractivity contribution in [3.8, 4) is 23.1 Å². The van der Waals surface area contributed by atoms with Crippen LogP contribution in [-0.4, -0.2) is 51.3 Å². The standard InChI is InChI=1S/C27H27F3N4O4/c1-16(36)25-33-23(15-34(25)3)19-6-4-18(5-7-19)12-22(10-11-35)32-26(37)20-8-9-24(21(13-20)14-31)38-17(2)27(28,29)30/h4-9,13,15,17,22,35H,10-12H2,1-3H3,(H,32,37)/t17?,22-/m1/s1. The summed E-state index contributed by atoms with van der Waals surface area (Å²) in [6.07, 6.45) is -4.32. The zero-order chi connectivity index (χ0) is 28.0. The van der Waals surface area contributed by atoms with Crippen LogP contribution in [0.5, 0.6) is 5.75 Å². The van der Waals surface area contributed by atoms with Gasteiger partial charge in [-0.25, -0.2) is 4.98 Å². The predicted octanol–water partition coefficient (Wildman–Crippen LogP) is 4.21. The van der Waals surface area contributed by atoms with Gasteiger partial charge in [-0.15, -0.1) is 0 Å². The molecule has 2 atom stereocenters. The van der Waals surface area contributed by atoms with Crippen molar-refractivity contribution in [2.75, 3.05) is 6.61 Å². The number of imidazole rings is 1. The second kappa shape index (κ2) is 11.9. The lowest BCUT2D eigenvalue weighted by atomic mass is 10.0. The number of nitrogens with zero attached hydrogens (tertiary/aromatic N) is 3. The maximum atomic E-state index is 12.8. The van der Waals surface area contributed by atoms with Crippen molar-refractivity contribution in [3.05, 3.63) is 71.2 Å². The first-order valence-electron chi connectivity index (χ1n) is 11.8. The number of hydrogen-bond donors (Lipinski definition) is 2. The summed E-state index contributed by atoms with van der Waals surface area (Å²) >= 11 is 0. The zero-order valence-electron chi connectivity index (χ0n) is 21.0. The monoisotopic (exact) mass is 528 g/mol. The van der Waals surface area contributed by atoms with Gasteiger partial charge in [0.1, 0.15) is 11.8 Å². The third-order valence-corrected chi connectivity index (χ3v) is 5.86. The Morgan fingerprint density at radius 3 is 2.45 bits per heavy atom. The highest BCUT2D eigenvalue weighted by Crippen LogP contribution is 2.28. The van der Waals surface area contributed by atoms with E-state index in [-0.39, 0.29) is 35.7 Å². The van der Waals surface area contributed by atoms with E-state index in [1.807, 2.05) is 24.3 Å². The molecule has 0 saturated carbocycles. The molecule has 3 aromatic rings. The molecule has 3 rings (SSSR count). The molecular weight excluding hydrogens is 501 g/mol. The smallest absolute Gasteiger partial charge is 0.425 e. The van der Waals surface area contributed by atoms with E-state index in [1.165, 1.54) is 19.1 Å². The van der Waals surface area contributed by atoms with Crippen LogP contribution < -0.4 is 10.1 Å². The van der Waals surface area contributed by atoms with Crippen molar-refractivity contribution in [3.63, 3.8) is 0 Å². The Balaban J connectivity index is 1.71. The fourth-order valence-electron chi connectivity index (χ4n) is 3.80. The number of alkyl halides is 3. The number of carbonyl (C=O) groups is 2. The minimum absolute atomic E-state index is 0.0725. The van der Waals surface area contributed by atoms with Gasteiger partial charge in [0.15, 0.2) is 17.7 Å². The van der Waals surface area contributed by atoms with Crippen LogP contribution in [0.4, 0.5) is 13.2 Å². The molecule has 2 N–H and O–H groups in total. The average Bonchev–Trinajstić information content (AvgIpc) is 3.26. The summed E-state index contributed by atoms with van der Waals surface area (Å²) in [6, 6.07) is 12.3. The van der Waals surface area contributed by atoms with Crippen molar-refractivity contribution in [2.24, 2.45) is 7.05 Å². The minimum Gasteiger partial charge on any atom is -0.480 e. The Hall–Kier alpha value is -4.17. The van der Waals surface area contributed by atoms with E-state index in [9.17, 15) is 33.1 Å². The Bertz CT molecular complexity index is 1340. The van der Waals surface area contributed by atoms with Gasteiger partial charge in [0.2, 0.25) is 0 Å². The number of aliphatic hydroxyl groups is 1. The molecule has 1 heterocycles. The number of nitriles is 1. The SMILES string of the molecule is CC(=O)c1nc(-c2ccc(C[C@@H](CCO)NC(=O)c3ccc(OC(C)C(F)(F)F)c(C#N)c3)cc2)cn1C. The quantitative estimate of drug-likeness (QED) is 0.381. The second-order valence-electron chi connectivity index (χ2n) is 8.82. The number of nitrogens with one attached hydrogen (secondary N) is 1. The van der Waals surface area contributed by atoms with Crippen LogP contribution in [0, 0.1) is 11.3 Å². The molecular formula is C27H27F3N4O4. The molecule has 0 spiro atoms. The first-order chi connectivity index (χ1) is 17.9. The number of benzene rings is 2. The molecule has 1 unspecified atom stereocenters. The number of Topliss-reactive ketones (excluding diaryl/α,β-unsaturated/α-hetero) is 1. The van der Waals surface area contributed by atoms with Crippen LogP contribution in [0.3, 0.4) is 0 Å². The largest absolute Gasteiger partial charge is 0.480 e.